The molecule has 8 heteroatoms. The Balaban J connectivity index is 0.00000261. The van der Waals surface area contributed by atoms with Crippen molar-refractivity contribution < 1.29 is 0 Å². The first-order chi connectivity index (χ1) is 12.5. The first kappa shape index (κ1) is 21.8. The van der Waals surface area contributed by atoms with Crippen LogP contribution < -0.4 is 10.2 Å². The largest absolute Gasteiger partial charge is 0.368 e. The minimum absolute atomic E-state index is 0. The normalized spacial score (nSPS) is 14.9. The van der Waals surface area contributed by atoms with Gasteiger partial charge in [-0.1, -0.05) is 17.7 Å². The summed E-state index contributed by atoms with van der Waals surface area (Å²) in [6.45, 7) is 8.65. The Morgan fingerprint density at radius 2 is 1.93 bits per heavy atom. The number of hydrogen-bond acceptors (Lipinski definition) is 3. The van der Waals surface area contributed by atoms with Crippen LogP contribution in [0.2, 0.25) is 5.02 Å². The van der Waals surface area contributed by atoms with E-state index in [0.717, 1.165) is 49.4 Å². The van der Waals surface area contributed by atoms with Crippen molar-refractivity contribution in [3.05, 3.63) is 46.2 Å². The number of nitrogens with one attached hydrogen (secondary N) is 1. The van der Waals surface area contributed by atoms with Gasteiger partial charge in [-0.2, -0.15) is 5.10 Å². The monoisotopic (exact) mass is 502 g/mol. The number of nitrogens with zero attached hydrogens (tertiary/aromatic N) is 5. The molecule has 1 saturated heterocycles. The number of benzene rings is 1. The molecule has 0 unspecified atom stereocenters. The number of aromatic nitrogens is 2. The van der Waals surface area contributed by atoms with Gasteiger partial charge in [0.1, 0.15) is 0 Å². The second kappa shape index (κ2) is 9.64. The zero-order chi connectivity index (χ0) is 18.7. The predicted octanol–water partition coefficient (Wildman–Crippen LogP) is 3.21. The van der Waals surface area contributed by atoms with E-state index < -0.39 is 0 Å². The summed E-state index contributed by atoms with van der Waals surface area (Å²) in [5.74, 6) is 0.943. The van der Waals surface area contributed by atoms with Crippen molar-refractivity contribution in [3.8, 4) is 0 Å². The summed E-state index contributed by atoms with van der Waals surface area (Å²) in [6, 6.07) is 8.05. The van der Waals surface area contributed by atoms with E-state index in [2.05, 4.69) is 45.1 Å². The molecule has 2 aromatic rings. The van der Waals surface area contributed by atoms with Crippen molar-refractivity contribution in [1.29, 1.82) is 0 Å². The minimum atomic E-state index is 0. The predicted molar refractivity (Wildman–Crippen MR) is 124 cm³/mol. The lowest BCUT2D eigenvalue weighted by atomic mass is 10.2. The molecule has 0 spiro atoms. The third-order valence-corrected chi connectivity index (χ3v) is 5.28. The molecule has 1 aromatic heterocycles. The molecular weight excluding hydrogens is 475 g/mol. The van der Waals surface area contributed by atoms with Gasteiger partial charge in [0.25, 0.3) is 0 Å². The summed E-state index contributed by atoms with van der Waals surface area (Å²) in [5.41, 5.74) is 4.68. The van der Waals surface area contributed by atoms with Crippen LogP contribution in [0.15, 0.2) is 29.3 Å². The van der Waals surface area contributed by atoms with Crippen LogP contribution in [0.25, 0.3) is 0 Å². The zero-order valence-corrected chi connectivity index (χ0v) is 19.5. The Labute approximate surface area is 183 Å². The molecule has 148 valence electrons. The van der Waals surface area contributed by atoms with Crippen molar-refractivity contribution in [1.82, 2.24) is 20.0 Å². The molecule has 0 radical (unpaired) electrons. The Hall–Kier alpha value is -1.48. The Morgan fingerprint density at radius 1 is 1.22 bits per heavy atom. The van der Waals surface area contributed by atoms with Crippen LogP contribution in [0.3, 0.4) is 0 Å². The Kier molecular flexibility index (Phi) is 7.79. The fourth-order valence-electron chi connectivity index (χ4n) is 3.42. The molecule has 3 rings (SSSR count). The smallest absolute Gasteiger partial charge is 0.194 e. The van der Waals surface area contributed by atoms with Crippen LogP contribution in [0.1, 0.15) is 17.0 Å². The van der Waals surface area contributed by atoms with E-state index in [0.29, 0.717) is 0 Å². The highest BCUT2D eigenvalue weighted by Crippen LogP contribution is 2.21. The lowest BCUT2D eigenvalue weighted by molar-refractivity contribution is 0.372. The second-order valence-corrected chi connectivity index (χ2v) is 7.06. The number of aryl methyl sites for hydroxylation is 2. The molecule has 0 amide bonds. The third kappa shape index (κ3) is 5.07. The molecule has 1 aliphatic rings. The average Bonchev–Trinajstić information content (AvgIpc) is 2.88. The van der Waals surface area contributed by atoms with Crippen LogP contribution in [-0.4, -0.2) is 53.9 Å². The van der Waals surface area contributed by atoms with Gasteiger partial charge in [-0.25, -0.2) is 0 Å². The van der Waals surface area contributed by atoms with E-state index >= 15 is 0 Å². The van der Waals surface area contributed by atoms with Crippen LogP contribution in [-0.2, 0) is 13.6 Å². The lowest BCUT2D eigenvalue weighted by Gasteiger charge is -2.37. The molecule has 1 aliphatic heterocycles. The fourth-order valence-corrected chi connectivity index (χ4v) is 3.61. The minimum Gasteiger partial charge on any atom is -0.368 e. The second-order valence-electron chi connectivity index (χ2n) is 6.63. The van der Waals surface area contributed by atoms with Gasteiger partial charge in [-0.05, 0) is 32.0 Å². The van der Waals surface area contributed by atoms with Crippen molar-refractivity contribution in [3.63, 3.8) is 0 Å². The van der Waals surface area contributed by atoms with Gasteiger partial charge in [0.2, 0.25) is 0 Å². The van der Waals surface area contributed by atoms with Crippen molar-refractivity contribution in [2.24, 2.45) is 12.0 Å². The highest BCUT2D eigenvalue weighted by molar-refractivity contribution is 14.0. The molecule has 27 heavy (non-hydrogen) atoms. The summed E-state index contributed by atoms with van der Waals surface area (Å²) in [5, 5.41) is 8.76. The number of halogens is 2. The number of hydrogen-bond donors (Lipinski definition) is 1. The summed E-state index contributed by atoms with van der Waals surface area (Å²) >= 11 is 6.12. The lowest BCUT2D eigenvalue weighted by Crippen LogP contribution is -2.52. The van der Waals surface area contributed by atoms with Gasteiger partial charge in [-0.3, -0.25) is 9.67 Å². The number of anilines is 1. The highest BCUT2D eigenvalue weighted by Gasteiger charge is 2.20. The van der Waals surface area contributed by atoms with Crippen LogP contribution >= 0.6 is 35.6 Å². The molecular formula is C19H28ClIN6. The topological polar surface area (TPSA) is 48.7 Å². The summed E-state index contributed by atoms with van der Waals surface area (Å²) in [4.78, 5) is 9.14. The van der Waals surface area contributed by atoms with Gasteiger partial charge >= 0.3 is 0 Å². The van der Waals surface area contributed by atoms with E-state index in [1.165, 1.54) is 16.9 Å². The van der Waals surface area contributed by atoms with E-state index in [1.807, 2.05) is 37.0 Å². The van der Waals surface area contributed by atoms with Gasteiger partial charge < -0.3 is 15.1 Å². The third-order valence-electron chi connectivity index (χ3n) is 5.05. The maximum atomic E-state index is 6.12. The molecule has 0 saturated carbocycles. The fraction of sp³-hybridized carbons (Fsp3) is 0.474. The van der Waals surface area contributed by atoms with Gasteiger partial charge in [-0.15, -0.1) is 24.0 Å². The number of piperazine rings is 1. The van der Waals surface area contributed by atoms with E-state index in [1.54, 1.807) is 0 Å². The van der Waals surface area contributed by atoms with E-state index in [4.69, 9.17) is 11.6 Å². The standard InChI is InChI=1S/C19H27ClN6.HI/c1-14-18(15(2)24(4)23-14)13-22-19(21-3)26-10-8-25(9-11-26)17-7-5-6-16(20)12-17;/h5-7,12H,8-11,13H2,1-4H3,(H,21,22);1H. The molecule has 1 aromatic carbocycles. The number of aliphatic imine (C=N–C) groups is 1. The summed E-state index contributed by atoms with van der Waals surface area (Å²) < 4.78 is 1.93. The molecule has 1 N–H and O–H groups in total. The molecule has 0 bridgehead atoms. The summed E-state index contributed by atoms with van der Waals surface area (Å²) in [7, 11) is 3.82. The van der Waals surface area contributed by atoms with Crippen LogP contribution in [0.4, 0.5) is 5.69 Å². The quantitative estimate of drug-likeness (QED) is 0.398. The van der Waals surface area contributed by atoms with Crippen molar-refractivity contribution in [2.75, 3.05) is 38.1 Å². The Bertz CT molecular complexity index is 795. The molecule has 0 aliphatic carbocycles. The average molecular weight is 503 g/mol. The molecule has 1 fully saturated rings. The molecule has 0 atom stereocenters. The Morgan fingerprint density at radius 3 is 2.48 bits per heavy atom. The van der Waals surface area contributed by atoms with Crippen molar-refractivity contribution >= 4 is 47.2 Å². The van der Waals surface area contributed by atoms with Crippen LogP contribution in [0.5, 0.6) is 0 Å². The highest BCUT2D eigenvalue weighted by atomic mass is 127. The van der Waals surface area contributed by atoms with Crippen LogP contribution in [0, 0.1) is 13.8 Å². The van der Waals surface area contributed by atoms with E-state index in [9.17, 15) is 0 Å². The molecule has 2 heterocycles. The number of rotatable bonds is 3. The maximum absolute atomic E-state index is 6.12. The van der Waals surface area contributed by atoms with E-state index in [-0.39, 0.29) is 24.0 Å². The van der Waals surface area contributed by atoms with Crippen molar-refractivity contribution in [2.45, 2.75) is 20.4 Å². The first-order valence-electron chi connectivity index (χ1n) is 8.94. The number of guanidine groups is 1. The molecule has 6 nitrogen and oxygen atoms in total. The first-order valence-corrected chi connectivity index (χ1v) is 9.32. The zero-order valence-electron chi connectivity index (χ0n) is 16.4. The van der Waals surface area contributed by atoms with Gasteiger partial charge in [0.15, 0.2) is 5.96 Å². The van der Waals surface area contributed by atoms with Gasteiger partial charge in [0.05, 0.1) is 5.69 Å². The maximum Gasteiger partial charge on any atom is 0.194 e. The summed E-state index contributed by atoms with van der Waals surface area (Å²) in [6.07, 6.45) is 0. The van der Waals surface area contributed by atoms with Gasteiger partial charge in [0, 0.05) is 68.8 Å². The SMILES string of the molecule is CN=C(NCc1c(C)nn(C)c1C)N1CCN(c2cccc(Cl)c2)CC1.I.